The third-order valence-electron chi connectivity index (χ3n) is 6.12. The van der Waals surface area contributed by atoms with Gasteiger partial charge in [0.1, 0.15) is 5.82 Å². The van der Waals surface area contributed by atoms with Crippen molar-refractivity contribution in [2.45, 2.75) is 51.2 Å². The number of hydrogen-bond acceptors (Lipinski definition) is 7. The van der Waals surface area contributed by atoms with Crippen molar-refractivity contribution in [1.82, 2.24) is 15.3 Å². The van der Waals surface area contributed by atoms with E-state index in [4.69, 9.17) is 9.97 Å². The fourth-order valence-corrected chi connectivity index (χ4v) is 4.38. The Balaban J connectivity index is 1.32. The van der Waals surface area contributed by atoms with Crippen LogP contribution in [0, 0.1) is 17.0 Å². The number of aromatic nitrogens is 2. The Morgan fingerprint density at radius 3 is 2.47 bits per heavy atom. The average Bonchev–Trinajstić information content (AvgIpc) is 2.78. The molecular formula is C24H30N6O2. The molecule has 2 aromatic carbocycles. The van der Waals surface area contributed by atoms with Gasteiger partial charge >= 0.3 is 0 Å². The zero-order valence-corrected chi connectivity index (χ0v) is 18.8. The van der Waals surface area contributed by atoms with Crippen LogP contribution in [0.5, 0.6) is 0 Å². The van der Waals surface area contributed by atoms with Crippen LogP contribution in [0.2, 0.25) is 0 Å². The standard InChI is InChI=1S/C24H30N6O2/c1-16-14-17(8-13-22(16)30(31)32)15-25-18-9-11-19(12-10-18)26-24-27-21-7-5-4-6-20(21)23(28-24)29(2)3/h4-8,13-14,18-19,25H,9-12,15H2,1-3H3,(H,26,27,28). The van der Waals surface area contributed by atoms with Crippen molar-refractivity contribution in [3.05, 3.63) is 63.7 Å². The number of hydrogen-bond donors (Lipinski definition) is 2. The number of nitrogens with zero attached hydrogens (tertiary/aromatic N) is 4. The molecule has 2 N–H and O–H groups in total. The number of aryl methyl sites for hydroxylation is 1. The van der Waals surface area contributed by atoms with Crippen molar-refractivity contribution in [2.24, 2.45) is 0 Å². The van der Waals surface area contributed by atoms with Gasteiger partial charge in [0.15, 0.2) is 0 Å². The second-order valence-corrected chi connectivity index (χ2v) is 8.73. The highest BCUT2D eigenvalue weighted by atomic mass is 16.6. The van der Waals surface area contributed by atoms with Gasteiger partial charge in [-0.15, -0.1) is 0 Å². The summed E-state index contributed by atoms with van der Waals surface area (Å²) in [6.45, 7) is 2.51. The van der Waals surface area contributed by atoms with Gasteiger partial charge in [-0.1, -0.05) is 18.2 Å². The average molecular weight is 435 g/mol. The molecule has 0 spiro atoms. The molecule has 1 aliphatic rings. The van der Waals surface area contributed by atoms with Crippen molar-refractivity contribution in [3.8, 4) is 0 Å². The van der Waals surface area contributed by atoms with E-state index in [0.29, 0.717) is 23.6 Å². The van der Waals surface area contributed by atoms with E-state index in [0.717, 1.165) is 54.5 Å². The summed E-state index contributed by atoms with van der Waals surface area (Å²) in [4.78, 5) is 22.2. The van der Waals surface area contributed by atoms with Gasteiger partial charge in [-0.25, -0.2) is 4.98 Å². The van der Waals surface area contributed by atoms with Gasteiger partial charge < -0.3 is 15.5 Å². The molecule has 0 unspecified atom stereocenters. The van der Waals surface area contributed by atoms with Crippen LogP contribution in [0.4, 0.5) is 17.5 Å². The van der Waals surface area contributed by atoms with Crippen LogP contribution in [0.1, 0.15) is 36.8 Å². The fourth-order valence-electron chi connectivity index (χ4n) is 4.38. The van der Waals surface area contributed by atoms with Crippen LogP contribution in [0.25, 0.3) is 10.9 Å². The molecule has 1 fully saturated rings. The molecule has 0 aliphatic heterocycles. The third-order valence-corrected chi connectivity index (χ3v) is 6.12. The normalized spacial score (nSPS) is 18.5. The monoisotopic (exact) mass is 434 g/mol. The van der Waals surface area contributed by atoms with Crippen molar-refractivity contribution in [3.63, 3.8) is 0 Å². The molecule has 8 heteroatoms. The smallest absolute Gasteiger partial charge is 0.272 e. The second-order valence-electron chi connectivity index (χ2n) is 8.73. The molecule has 1 heterocycles. The number of benzene rings is 2. The first kappa shape index (κ1) is 22.0. The SMILES string of the molecule is Cc1cc(CNC2CCC(Nc3nc(N(C)C)c4ccccc4n3)CC2)ccc1[N+](=O)[O-]. The fraction of sp³-hybridized carbons (Fsp3) is 0.417. The molecule has 168 valence electrons. The lowest BCUT2D eigenvalue weighted by Crippen LogP contribution is -2.37. The molecule has 3 aromatic rings. The minimum absolute atomic E-state index is 0.175. The van der Waals surface area contributed by atoms with Gasteiger partial charge in [-0.3, -0.25) is 10.1 Å². The Kier molecular flexibility index (Phi) is 6.50. The number of fused-ring (bicyclic) bond motifs is 1. The predicted octanol–water partition coefficient (Wildman–Crippen LogP) is 4.43. The van der Waals surface area contributed by atoms with E-state index in [1.54, 1.807) is 13.0 Å². The summed E-state index contributed by atoms with van der Waals surface area (Å²) in [7, 11) is 4.00. The van der Waals surface area contributed by atoms with Gasteiger partial charge in [-0.05, 0) is 56.4 Å². The molecule has 1 aliphatic carbocycles. The highest BCUT2D eigenvalue weighted by Gasteiger charge is 2.22. The third kappa shape index (κ3) is 4.96. The number of anilines is 2. The summed E-state index contributed by atoms with van der Waals surface area (Å²) in [5.74, 6) is 1.61. The Morgan fingerprint density at radius 2 is 1.78 bits per heavy atom. The number of rotatable bonds is 7. The van der Waals surface area contributed by atoms with Crippen LogP contribution in [0.3, 0.4) is 0 Å². The minimum atomic E-state index is -0.332. The first-order valence-electron chi connectivity index (χ1n) is 11.1. The molecule has 0 atom stereocenters. The lowest BCUT2D eigenvalue weighted by atomic mass is 9.91. The van der Waals surface area contributed by atoms with E-state index >= 15 is 0 Å². The molecule has 32 heavy (non-hydrogen) atoms. The second kappa shape index (κ2) is 9.48. The van der Waals surface area contributed by atoms with Crippen molar-refractivity contribution in [1.29, 1.82) is 0 Å². The number of para-hydroxylation sites is 1. The first-order chi connectivity index (χ1) is 15.4. The van der Waals surface area contributed by atoms with E-state index < -0.39 is 0 Å². The van der Waals surface area contributed by atoms with E-state index in [1.807, 2.05) is 49.3 Å². The van der Waals surface area contributed by atoms with Crippen LogP contribution in [-0.2, 0) is 6.54 Å². The van der Waals surface area contributed by atoms with Crippen LogP contribution in [0.15, 0.2) is 42.5 Å². The number of nitrogens with one attached hydrogen (secondary N) is 2. The largest absolute Gasteiger partial charge is 0.362 e. The van der Waals surface area contributed by atoms with Gasteiger partial charge in [-0.2, -0.15) is 4.98 Å². The molecule has 0 bridgehead atoms. The summed E-state index contributed by atoms with van der Waals surface area (Å²) in [6.07, 6.45) is 4.23. The van der Waals surface area contributed by atoms with Gasteiger partial charge in [0, 0.05) is 49.7 Å². The number of nitro benzene ring substituents is 1. The molecular weight excluding hydrogens is 404 g/mol. The molecule has 1 saturated carbocycles. The molecule has 1 aromatic heterocycles. The van der Waals surface area contributed by atoms with Crippen LogP contribution >= 0.6 is 0 Å². The van der Waals surface area contributed by atoms with Crippen LogP contribution < -0.4 is 15.5 Å². The molecule has 0 radical (unpaired) electrons. The van der Waals surface area contributed by atoms with Crippen LogP contribution in [-0.4, -0.2) is 41.1 Å². The van der Waals surface area contributed by atoms with Gasteiger partial charge in [0.05, 0.1) is 10.4 Å². The molecule has 4 rings (SSSR count). The van der Waals surface area contributed by atoms with E-state index in [1.165, 1.54) is 0 Å². The maximum absolute atomic E-state index is 11.0. The maximum Gasteiger partial charge on any atom is 0.272 e. The van der Waals surface area contributed by atoms with E-state index in [-0.39, 0.29) is 10.6 Å². The summed E-state index contributed by atoms with van der Waals surface area (Å²) in [5, 5.41) is 19.2. The van der Waals surface area contributed by atoms with Crippen molar-refractivity contribution < 1.29 is 4.92 Å². The van der Waals surface area contributed by atoms with Crippen molar-refractivity contribution >= 4 is 28.4 Å². The Morgan fingerprint density at radius 1 is 1.06 bits per heavy atom. The quantitative estimate of drug-likeness (QED) is 0.419. The maximum atomic E-state index is 11.0. The first-order valence-corrected chi connectivity index (χ1v) is 11.1. The van der Waals surface area contributed by atoms with Gasteiger partial charge in [0.25, 0.3) is 5.69 Å². The zero-order valence-electron chi connectivity index (χ0n) is 18.8. The predicted molar refractivity (Wildman–Crippen MR) is 128 cm³/mol. The molecule has 0 saturated heterocycles. The zero-order chi connectivity index (χ0) is 22.7. The number of nitro groups is 1. The lowest BCUT2D eigenvalue weighted by molar-refractivity contribution is -0.385. The van der Waals surface area contributed by atoms with Gasteiger partial charge in [0.2, 0.25) is 5.95 Å². The minimum Gasteiger partial charge on any atom is -0.362 e. The molecule has 0 amide bonds. The lowest BCUT2D eigenvalue weighted by Gasteiger charge is -2.30. The topological polar surface area (TPSA) is 96.2 Å². The van der Waals surface area contributed by atoms with E-state index in [9.17, 15) is 10.1 Å². The Bertz CT molecular complexity index is 1110. The Labute approximate surface area is 188 Å². The summed E-state index contributed by atoms with van der Waals surface area (Å²) in [6, 6.07) is 14.2. The highest BCUT2D eigenvalue weighted by Crippen LogP contribution is 2.26. The summed E-state index contributed by atoms with van der Waals surface area (Å²) >= 11 is 0. The van der Waals surface area contributed by atoms with Crippen molar-refractivity contribution in [2.75, 3.05) is 24.3 Å². The Hall–Kier alpha value is -3.26. The summed E-state index contributed by atoms with van der Waals surface area (Å²) in [5.41, 5.74) is 2.90. The van der Waals surface area contributed by atoms with E-state index in [2.05, 4.69) is 16.7 Å². The highest BCUT2D eigenvalue weighted by molar-refractivity contribution is 5.90. The molecule has 8 nitrogen and oxygen atoms in total. The summed E-state index contributed by atoms with van der Waals surface area (Å²) < 4.78 is 0.